The van der Waals surface area contributed by atoms with Gasteiger partial charge < -0.3 is 4.42 Å². The van der Waals surface area contributed by atoms with Crippen molar-refractivity contribution < 1.29 is 12.8 Å². The smallest absolute Gasteiger partial charge is 0.336 e. The lowest BCUT2D eigenvalue weighted by molar-refractivity contribution is 0.560. The standard InChI is InChI=1S/C16H13NO4S/c1-11-3-2-4-13(9-11)17-22(19,20)14-6-7-15-12(10-14)5-8-16(18)21-15/h2-10,17H,1H3. The number of anilines is 1. The summed E-state index contributed by atoms with van der Waals surface area (Å²) in [4.78, 5) is 11.2. The van der Waals surface area contributed by atoms with Gasteiger partial charge in [-0.05, 0) is 48.9 Å². The maximum absolute atomic E-state index is 12.4. The Morgan fingerprint density at radius 2 is 1.82 bits per heavy atom. The fraction of sp³-hybridized carbons (Fsp3) is 0.0625. The van der Waals surface area contributed by atoms with Crippen LogP contribution in [0.5, 0.6) is 0 Å². The average molecular weight is 315 g/mol. The SMILES string of the molecule is Cc1cccc(NS(=O)(=O)c2ccc3oc(=O)ccc3c2)c1. The van der Waals surface area contributed by atoms with Crippen molar-refractivity contribution in [3.63, 3.8) is 0 Å². The van der Waals surface area contributed by atoms with Gasteiger partial charge in [0, 0.05) is 17.1 Å². The van der Waals surface area contributed by atoms with E-state index in [1.165, 1.54) is 30.3 Å². The molecule has 2 aromatic carbocycles. The third-order valence-electron chi connectivity index (χ3n) is 3.17. The predicted molar refractivity (Wildman–Crippen MR) is 84.5 cm³/mol. The van der Waals surface area contributed by atoms with Gasteiger partial charge in [0.15, 0.2) is 0 Å². The molecule has 3 rings (SSSR count). The van der Waals surface area contributed by atoms with Gasteiger partial charge in [0.25, 0.3) is 10.0 Å². The zero-order valence-corrected chi connectivity index (χ0v) is 12.6. The minimum atomic E-state index is -3.70. The summed E-state index contributed by atoms with van der Waals surface area (Å²) in [5, 5.41) is 0.548. The molecule has 0 saturated carbocycles. The molecule has 0 saturated heterocycles. The van der Waals surface area contributed by atoms with Gasteiger partial charge in [-0.15, -0.1) is 0 Å². The van der Waals surface area contributed by atoms with Crippen molar-refractivity contribution in [2.75, 3.05) is 4.72 Å². The van der Waals surface area contributed by atoms with Crippen LogP contribution in [0.3, 0.4) is 0 Å². The highest BCUT2D eigenvalue weighted by Gasteiger charge is 2.15. The summed E-state index contributed by atoms with van der Waals surface area (Å²) in [7, 11) is -3.70. The largest absolute Gasteiger partial charge is 0.423 e. The van der Waals surface area contributed by atoms with Crippen molar-refractivity contribution in [2.24, 2.45) is 0 Å². The van der Waals surface area contributed by atoms with Gasteiger partial charge in [-0.2, -0.15) is 0 Å². The van der Waals surface area contributed by atoms with Crippen LogP contribution in [0.1, 0.15) is 5.56 Å². The molecule has 0 aliphatic carbocycles. The van der Waals surface area contributed by atoms with Gasteiger partial charge in [-0.1, -0.05) is 12.1 Å². The first-order valence-electron chi connectivity index (χ1n) is 6.57. The van der Waals surface area contributed by atoms with Crippen molar-refractivity contribution in [3.8, 4) is 0 Å². The summed E-state index contributed by atoms with van der Waals surface area (Å²) in [5.74, 6) is 0. The molecule has 0 spiro atoms. The van der Waals surface area contributed by atoms with E-state index in [1.807, 2.05) is 13.0 Å². The van der Waals surface area contributed by atoms with Crippen molar-refractivity contribution in [1.82, 2.24) is 0 Å². The molecule has 0 aliphatic heterocycles. The first-order valence-corrected chi connectivity index (χ1v) is 8.06. The Balaban J connectivity index is 2.01. The number of fused-ring (bicyclic) bond motifs is 1. The summed E-state index contributed by atoms with van der Waals surface area (Å²) in [5.41, 5.74) is 1.34. The summed E-state index contributed by atoms with van der Waals surface area (Å²) >= 11 is 0. The third-order valence-corrected chi connectivity index (χ3v) is 4.55. The maximum atomic E-state index is 12.4. The van der Waals surface area contributed by atoms with E-state index >= 15 is 0 Å². The minimum Gasteiger partial charge on any atom is -0.423 e. The molecule has 0 amide bonds. The van der Waals surface area contributed by atoms with Crippen LogP contribution in [0, 0.1) is 6.92 Å². The first kappa shape index (κ1) is 14.3. The molecule has 0 aliphatic rings. The molecule has 1 aromatic heterocycles. The van der Waals surface area contributed by atoms with E-state index in [1.54, 1.807) is 18.2 Å². The quantitative estimate of drug-likeness (QED) is 0.754. The fourth-order valence-electron chi connectivity index (χ4n) is 2.14. The van der Waals surface area contributed by atoms with Gasteiger partial charge in [0.2, 0.25) is 0 Å². The molecular formula is C16H13NO4S. The zero-order chi connectivity index (χ0) is 15.7. The summed E-state index contributed by atoms with van der Waals surface area (Å²) in [6.45, 7) is 1.88. The molecule has 1 N–H and O–H groups in total. The van der Waals surface area contributed by atoms with Crippen molar-refractivity contribution in [3.05, 3.63) is 70.6 Å². The number of nitrogens with one attached hydrogen (secondary N) is 1. The fourth-order valence-corrected chi connectivity index (χ4v) is 3.22. The maximum Gasteiger partial charge on any atom is 0.336 e. The Labute approximate surface area is 127 Å². The Morgan fingerprint density at radius 3 is 2.59 bits per heavy atom. The molecule has 0 atom stereocenters. The molecule has 0 fully saturated rings. The summed E-state index contributed by atoms with van der Waals surface area (Å²) < 4.78 is 32.4. The number of benzene rings is 2. The van der Waals surface area contributed by atoms with Crippen LogP contribution in [0.15, 0.2) is 68.7 Å². The molecule has 3 aromatic rings. The normalized spacial score (nSPS) is 11.5. The number of rotatable bonds is 3. The molecule has 0 unspecified atom stereocenters. The summed E-state index contributed by atoms with van der Waals surface area (Å²) in [6.07, 6.45) is 0. The lowest BCUT2D eigenvalue weighted by atomic mass is 10.2. The Bertz CT molecular complexity index is 1010. The van der Waals surface area contributed by atoms with Crippen LogP contribution in [-0.2, 0) is 10.0 Å². The van der Waals surface area contributed by atoms with E-state index in [9.17, 15) is 13.2 Å². The highest BCUT2D eigenvalue weighted by molar-refractivity contribution is 7.92. The van der Waals surface area contributed by atoms with Crippen molar-refractivity contribution in [1.29, 1.82) is 0 Å². The Kier molecular flexibility index (Phi) is 3.46. The number of hydrogen-bond acceptors (Lipinski definition) is 4. The van der Waals surface area contributed by atoms with Crippen LogP contribution in [0.25, 0.3) is 11.0 Å². The second-order valence-corrected chi connectivity index (χ2v) is 6.61. The van der Waals surface area contributed by atoms with E-state index in [2.05, 4.69) is 4.72 Å². The van der Waals surface area contributed by atoms with E-state index in [0.29, 0.717) is 16.7 Å². The summed E-state index contributed by atoms with van der Waals surface area (Å²) in [6, 6.07) is 14.2. The monoisotopic (exact) mass is 315 g/mol. The minimum absolute atomic E-state index is 0.107. The van der Waals surface area contributed by atoms with Gasteiger partial charge >= 0.3 is 5.63 Å². The van der Waals surface area contributed by atoms with Crippen LogP contribution >= 0.6 is 0 Å². The highest BCUT2D eigenvalue weighted by atomic mass is 32.2. The van der Waals surface area contributed by atoms with Crippen LogP contribution < -0.4 is 10.3 Å². The van der Waals surface area contributed by atoms with Gasteiger partial charge in [0.05, 0.1) is 4.90 Å². The number of hydrogen-bond donors (Lipinski definition) is 1. The first-order chi connectivity index (χ1) is 10.4. The van der Waals surface area contributed by atoms with Gasteiger partial charge in [-0.3, -0.25) is 4.72 Å². The number of sulfonamides is 1. The zero-order valence-electron chi connectivity index (χ0n) is 11.7. The second-order valence-electron chi connectivity index (χ2n) is 4.93. The lowest BCUT2D eigenvalue weighted by Gasteiger charge is -2.09. The highest BCUT2D eigenvalue weighted by Crippen LogP contribution is 2.21. The van der Waals surface area contributed by atoms with E-state index < -0.39 is 15.6 Å². The topological polar surface area (TPSA) is 76.4 Å². The van der Waals surface area contributed by atoms with Gasteiger partial charge in [0.1, 0.15) is 5.58 Å². The molecule has 0 bridgehead atoms. The van der Waals surface area contributed by atoms with Crippen LogP contribution in [0.2, 0.25) is 0 Å². The molecule has 22 heavy (non-hydrogen) atoms. The van der Waals surface area contributed by atoms with Crippen LogP contribution in [0.4, 0.5) is 5.69 Å². The van der Waals surface area contributed by atoms with E-state index in [4.69, 9.17) is 4.42 Å². The molecule has 0 radical (unpaired) electrons. The van der Waals surface area contributed by atoms with Crippen LogP contribution in [-0.4, -0.2) is 8.42 Å². The third kappa shape index (κ3) is 2.87. The van der Waals surface area contributed by atoms with E-state index in [0.717, 1.165) is 5.56 Å². The van der Waals surface area contributed by atoms with E-state index in [-0.39, 0.29) is 4.90 Å². The number of aryl methyl sites for hydroxylation is 1. The predicted octanol–water partition coefficient (Wildman–Crippen LogP) is 2.90. The van der Waals surface area contributed by atoms with Crippen molar-refractivity contribution >= 4 is 26.7 Å². The lowest BCUT2D eigenvalue weighted by Crippen LogP contribution is -2.13. The Hall–Kier alpha value is -2.60. The molecule has 112 valence electrons. The second kappa shape index (κ2) is 5.31. The molecular weight excluding hydrogens is 302 g/mol. The molecule has 1 heterocycles. The van der Waals surface area contributed by atoms with Gasteiger partial charge in [-0.25, -0.2) is 13.2 Å². The Morgan fingerprint density at radius 1 is 1.00 bits per heavy atom. The van der Waals surface area contributed by atoms with Crippen molar-refractivity contribution in [2.45, 2.75) is 11.8 Å². The average Bonchev–Trinajstić information content (AvgIpc) is 2.46. The molecule has 6 heteroatoms. The molecule has 5 nitrogen and oxygen atoms in total.